The number of nitrogens with zero attached hydrogens (tertiary/aromatic N) is 3. The SMILES string of the molecule is COCc1nc(C(C)(C)O)sc1/[SH](=O)=N/C(=O)Nc1c2c(nc3c1CCC3)CCC2. The van der Waals surface area contributed by atoms with E-state index in [1.54, 1.807) is 13.8 Å². The predicted molar refractivity (Wildman–Crippen MR) is 116 cm³/mol. The number of rotatable bonds is 5. The van der Waals surface area contributed by atoms with E-state index >= 15 is 0 Å². The molecule has 10 heteroatoms. The molecule has 162 valence electrons. The highest BCUT2D eigenvalue weighted by atomic mass is 32.2. The summed E-state index contributed by atoms with van der Waals surface area (Å²) in [7, 11) is -0.861. The molecule has 0 saturated carbocycles. The van der Waals surface area contributed by atoms with Gasteiger partial charge in [0.05, 0.1) is 28.6 Å². The molecule has 0 spiro atoms. The van der Waals surface area contributed by atoms with Crippen molar-refractivity contribution in [3.63, 3.8) is 0 Å². The summed E-state index contributed by atoms with van der Waals surface area (Å²) in [6.07, 6.45) is 5.69. The minimum absolute atomic E-state index is 0.130. The molecule has 30 heavy (non-hydrogen) atoms. The maximum atomic E-state index is 12.9. The molecular weight excluding hydrogens is 424 g/mol. The molecule has 1 atom stereocenters. The normalized spacial score (nSPS) is 16.5. The van der Waals surface area contributed by atoms with Gasteiger partial charge in [0, 0.05) is 18.5 Å². The third-order valence-electron chi connectivity index (χ3n) is 5.32. The van der Waals surface area contributed by atoms with E-state index in [2.05, 4.69) is 14.7 Å². The smallest absolute Gasteiger partial charge is 0.353 e. The molecule has 1 unspecified atom stereocenters. The van der Waals surface area contributed by atoms with Crippen LogP contribution in [0.1, 0.15) is 59.9 Å². The number of carbonyl (C=O) groups is 1. The highest BCUT2D eigenvalue weighted by Gasteiger charge is 2.27. The van der Waals surface area contributed by atoms with Gasteiger partial charge in [-0.1, -0.05) is 0 Å². The molecule has 0 saturated heterocycles. The number of amides is 2. The Bertz CT molecular complexity index is 1050. The van der Waals surface area contributed by atoms with Gasteiger partial charge in [0.25, 0.3) is 0 Å². The van der Waals surface area contributed by atoms with E-state index in [1.165, 1.54) is 7.11 Å². The first kappa shape index (κ1) is 21.4. The average Bonchev–Trinajstić information content (AvgIpc) is 3.39. The summed E-state index contributed by atoms with van der Waals surface area (Å²) in [5.74, 6) is 0. The number of thiol groups is 1. The standard InChI is InChI=1S/C20H26N4O4S2/c1-20(2,26)18-22-15(10-28-3)17(29-18)30(27)24-19(25)23-16-11-6-4-8-13(11)21-14-9-5-7-12(14)16/h26,30H,4-10H2,1-3H3,(H,21,23,25). The highest BCUT2D eigenvalue weighted by molar-refractivity contribution is 7.78. The topological polar surface area (TPSA) is 114 Å². The Balaban J connectivity index is 1.64. The van der Waals surface area contributed by atoms with Crippen LogP contribution in [-0.2, 0) is 53.2 Å². The Kier molecular flexibility index (Phi) is 5.93. The fraction of sp³-hybridized carbons (Fsp3) is 0.550. The van der Waals surface area contributed by atoms with Crippen LogP contribution in [0, 0.1) is 0 Å². The van der Waals surface area contributed by atoms with Crippen molar-refractivity contribution in [3.8, 4) is 0 Å². The van der Waals surface area contributed by atoms with E-state index in [0.29, 0.717) is 14.9 Å². The fourth-order valence-electron chi connectivity index (χ4n) is 3.98. The predicted octanol–water partition coefficient (Wildman–Crippen LogP) is 3.14. The van der Waals surface area contributed by atoms with Crippen molar-refractivity contribution >= 4 is 33.7 Å². The van der Waals surface area contributed by atoms with Gasteiger partial charge >= 0.3 is 6.03 Å². The maximum Gasteiger partial charge on any atom is 0.353 e. The molecule has 0 radical (unpaired) electrons. The zero-order valence-electron chi connectivity index (χ0n) is 17.3. The van der Waals surface area contributed by atoms with E-state index in [-0.39, 0.29) is 6.61 Å². The number of fused-ring (bicyclic) bond motifs is 2. The molecule has 0 bridgehead atoms. The Morgan fingerprint density at radius 2 is 1.83 bits per heavy atom. The summed E-state index contributed by atoms with van der Waals surface area (Å²) in [6, 6.07) is -0.632. The van der Waals surface area contributed by atoms with E-state index in [1.807, 2.05) is 0 Å². The number of hydrogen-bond donors (Lipinski definition) is 3. The fourth-order valence-corrected chi connectivity index (χ4v) is 6.13. The van der Waals surface area contributed by atoms with Gasteiger partial charge in [-0.3, -0.25) is 4.98 Å². The molecule has 2 amide bonds. The molecule has 2 N–H and O–H groups in total. The van der Waals surface area contributed by atoms with Crippen molar-refractivity contribution in [2.75, 3.05) is 12.4 Å². The lowest BCUT2D eigenvalue weighted by atomic mass is 10.1. The lowest BCUT2D eigenvalue weighted by molar-refractivity contribution is 0.0776. The molecule has 2 aromatic heterocycles. The molecule has 2 heterocycles. The quantitative estimate of drug-likeness (QED) is 0.603. The number of aryl methyl sites for hydroxylation is 2. The van der Waals surface area contributed by atoms with Crippen LogP contribution in [0.15, 0.2) is 8.57 Å². The summed E-state index contributed by atoms with van der Waals surface area (Å²) < 4.78 is 22.3. The van der Waals surface area contributed by atoms with Crippen LogP contribution in [0.3, 0.4) is 0 Å². The van der Waals surface area contributed by atoms with Crippen LogP contribution in [0.4, 0.5) is 10.5 Å². The molecular formula is C20H26N4O4S2. The maximum absolute atomic E-state index is 12.9. The van der Waals surface area contributed by atoms with E-state index in [0.717, 1.165) is 78.1 Å². The number of aromatic nitrogens is 2. The van der Waals surface area contributed by atoms with Crippen LogP contribution >= 0.6 is 11.3 Å². The zero-order chi connectivity index (χ0) is 21.5. The zero-order valence-corrected chi connectivity index (χ0v) is 19.0. The van der Waals surface area contributed by atoms with Gasteiger partial charge in [0.2, 0.25) is 0 Å². The molecule has 8 nitrogen and oxygen atoms in total. The number of carbonyl (C=O) groups excluding carboxylic acids is 1. The van der Waals surface area contributed by atoms with Gasteiger partial charge in [-0.05, 0) is 63.5 Å². The Morgan fingerprint density at radius 1 is 1.20 bits per heavy atom. The number of thiazole rings is 1. The van der Waals surface area contributed by atoms with E-state index in [9.17, 15) is 14.1 Å². The molecule has 0 aliphatic heterocycles. The summed E-state index contributed by atoms with van der Waals surface area (Å²) in [4.78, 5) is 21.8. The van der Waals surface area contributed by atoms with E-state index < -0.39 is 22.2 Å². The first-order valence-corrected chi connectivity index (χ1v) is 12.1. The van der Waals surface area contributed by atoms with Crippen molar-refractivity contribution < 1.29 is 18.8 Å². The van der Waals surface area contributed by atoms with Gasteiger partial charge in [-0.25, -0.2) is 14.0 Å². The van der Waals surface area contributed by atoms with Gasteiger partial charge in [0.1, 0.15) is 14.8 Å². The number of ether oxygens (including phenoxy) is 1. The third-order valence-corrected chi connectivity index (χ3v) is 8.24. The summed E-state index contributed by atoms with van der Waals surface area (Å²) in [5, 5.41) is 13.5. The minimum Gasteiger partial charge on any atom is -0.383 e. The Labute approximate surface area is 181 Å². The van der Waals surface area contributed by atoms with Crippen LogP contribution in [0.5, 0.6) is 0 Å². The first-order valence-electron chi connectivity index (χ1n) is 10.0. The van der Waals surface area contributed by atoms with Crippen LogP contribution < -0.4 is 5.32 Å². The van der Waals surface area contributed by atoms with Gasteiger partial charge in [-0.15, -0.1) is 15.7 Å². The Hall–Kier alpha value is -1.88. The first-order chi connectivity index (χ1) is 14.3. The van der Waals surface area contributed by atoms with Crippen molar-refractivity contribution in [2.45, 2.75) is 68.8 Å². The van der Waals surface area contributed by atoms with Crippen molar-refractivity contribution in [3.05, 3.63) is 33.2 Å². The largest absolute Gasteiger partial charge is 0.383 e. The number of hydrogen-bond acceptors (Lipinski definition) is 7. The molecule has 2 aromatic rings. The summed E-state index contributed by atoms with van der Waals surface area (Å²) >= 11 is 1.09. The monoisotopic (exact) mass is 450 g/mol. The van der Waals surface area contributed by atoms with Crippen LogP contribution in [-0.4, -0.2) is 32.4 Å². The number of aliphatic hydroxyl groups is 1. The highest BCUT2D eigenvalue weighted by Crippen LogP contribution is 2.36. The van der Waals surface area contributed by atoms with Gasteiger partial charge < -0.3 is 15.2 Å². The molecule has 4 rings (SSSR count). The minimum atomic E-state index is -2.37. The lowest BCUT2D eigenvalue weighted by Crippen LogP contribution is -2.15. The van der Waals surface area contributed by atoms with Crippen LogP contribution in [0.25, 0.3) is 0 Å². The number of anilines is 1. The summed E-state index contributed by atoms with van der Waals surface area (Å²) in [5.41, 5.74) is 4.39. The van der Waals surface area contributed by atoms with Crippen molar-refractivity contribution in [1.82, 2.24) is 9.97 Å². The number of nitrogens with one attached hydrogen (secondary N) is 1. The molecule has 2 aliphatic rings. The average molecular weight is 451 g/mol. The van der Waals surface area contributed by atoms with Crippen molar-refractivity contribution in [1.29, 1.82) is 0 Å². The number of pyridine rings is 1. The van der Waals surface area contributed by atoms with E-state index in [4.69, 9.17) is 9.72 Å². The third kappa shape index (κ3) is 4.14. The van der Waals surface area contributed by atoms with Gasteiger partial charge in [-0.2, -0.15) is 0 Å². The molecule has 0 fully saturated rings. The second kappa shape index (κ2) is 8.33. The number of urea groups is 1. The Morgan fingerprint density at radius 3 is 2.40 bits per heavy atom. The summed E-state index contributed by atoms with van der Waals surface area (Å²) in [6.45, 7) is 3.34. The molecule has 0 aromatic carbocycles. The van der Waals surface area contributed by atoms with Crippen LogP contribution in [0.2, 0.25) is 0 Å². The second-order valence-corrected chi connectivity index (χ2v) is 10.6. The number of methoxy groups -OCH3 is 1. The second-order valence-electron chi connectivity index (χ2n) is 8.11. The lowest BCUT2D eigenvalue weighted by Gasteiger charge is -2.13. The van der Waals surface area contributed by atoms with Gasteiger partial charge in [0.15, 0.2) is 0 Å². The van der Waals surface area contributed by atoms with Crippen molar-refractivity contribution in [2.24, 2.45) is 4.36 Å². The molecule has 2 aliphatic carbocycles.